The first-order chi connectivity index (χ1) is 9.74. The molecule has 0 radical (unpaired) electrons. The van der Waals surface area contributed by atoms with Crippen molar-refractivity contribution in [3.63, 3.8) is 0 Å². The predicted molar refractivity (Wildman–Crippen MR) is 75.0 cm³/mol. The Kier molecular flexibility index (Phi) is 3.48. The number of hydrogen-bond acceptors (Lipinski definition) is 3. The normalized spacial score (nSPS) is 20.4. The number of pyridine rings is 1. The lowest BCUT2D eigenvalue weighted by Crippen LogP contribution is -2.34. The molecule has 20 heavy (non-hydrogen) atoms. The number of nitrogens with zero attached hydrogens (tertiary/aromatic N) is 1. The number of nitrogens with one attached hydrogen (secondary N) is 1. The monoisotopic (exact) mass is 268 g/mol. The van der Waals surface area contributed by atoms with Crippen molar-refractivity contribution in [1.29, 1.82) is 0 Å². The van der Waals surface area contributed by atoms with Crippen LogP contribution in [0.3, 0.4) is 0 Å². The highest BCUT2D eigenvalue weighted by molar-refractivity contribution is 5.79. The van der Waals surface area contributed by atoms with Gasteiger partial charge in [-0.05, 0) is 22.8 Å². The number of aromatic nitrogens is 1. The average Bonchev–Trinajstić information content (AvgIpc) is 2.76. The molecule has 1 amide bonds. The first-order valence-electron chi connectivity index (χ1n) is 6.68. The molecule has 0 bridgehead atoms. The topological polar surface area (TPSA) is 62.2 Å². The van der Waals surface area contributed by atoms with Crippen LogP contribution in [0.15, 0.2) is 48.8 Å². The van der Waals surface area contributed by atoms with Crippen LogP contribution in [0.5, 0.6) is 0 Å². The standard InChI is InChI=1S/C16H16N2O2/c19-14-9-12-5-1-2-6-13(12)16(14)18-15(20)8-11-4-3-7-17-10-11/h1-7,10,14,16,19H,8-9H2,(H,18,20)/t14-,16+/m1/s1. The van der Waals surface area contributed by atoms with Gasteiger partial charge in [-0.2, -0.15) is 0 Å². The highest BCUT2D eigenvalue weighted by Crippen LogP contribution is 2.31. The molecule has 1 aliphatic rings. The van der Waals surface area contributed by atoms with Crippen LogP contribution in [-0.2, 0) is 17.6 Å². The van der Waals surface area contributed by atoms with Crippen LogP contribution in [0, 0.1) is 0 Å². The summed E-state index contributed by atoms with van der Waals surface area (Å²) >= 11 is 0. The minimum Gasteiger partial charge on any atom is -0.390 e. The van der Waals surface area contributed by atoms with Crippen molar-refractivity contribution in [2.45, 2.75) is 25.0 Å². The molecule has 0 fully saturated rings. The van der Waals surface area contributed by atoms with Gasteiger partial charge in [-0.15, -0.1) is 0 Å². The Morgan fingerprint density at radius 3 is 2.95 bits per heavy atom. The van der Waals surface area contributed by atoms with Crippen LogP contribution in [0.4, 0.5) is 0 Å². The lowest BCUT2D eigenvalue weighted by atomic mass is 10.1. The second-order valence-corrected chi connectivity index (χ2v) is 5.05. The van der Waals surface area contributed by atoms with Gasteiger partial charge in [0.2, 0.25) is 5.91 Å². The molecule has 2 aromatic rings. The van der Waals surface area contributed by atoms with E-state index in [-0.39, 0.29) is 18.4 Å². The zero-order valence-electron chi connectivity index (χ0n) is 11.0. The molecule has 4 nitrogen and oxygen atoms in total. The molecule has 4 heteroatoms. The average molecular weight is 268 g/mol. The Labute approximate surface area is 117 Å². The minimum absolute atomic E-state index is 0.0984. The Balaban J connectivity index is 1.70. The first kappa shape index (κ1) is 12.8. The van der Waals surface area contributed by atoms with Gasteiger partial charge in [0.25, 0.3) is 0 Å². The van der Waals surface area contributed by atoms with Gasteiger partial charge in [-0.3, -0.25) is 9.78 Å². The van der Waals surface area contributed by atoms with Gasteiger partial charge < -0.3 is 10.4 Å². The lowest BCUT2D eigenvalue weighted by Gasteiger charge is -2.18. The van der Waals surface area contributed by atoms with E-state index in [0.29, 0.717) is 6.42 Å². The number of benzene rings is 1. The summed E-state index contributed by atoms with van der Waals surface area (Å²) in [4.78, 5) is 16.1. The smallest absolute Gasteiger partial charge is 0.225 e. The van der Waals surface area contributed by atoms with E-state index < -0.39 is 6.10 Å². The Hall–Kier alpha value is -2.20. The first-order valence-corrected chi connectivity index (χ1v) is 6.68. The quantitative estimate of drug-likeness (QED) is 0.884. The Morgan fingerprint density at radius 1 is 1.30 bits per heavy atom. The van der Waals surface area contributed by atoms with Crippen molar-refractivity contribution < 1.29 is 9.90 Å². The van der Waals surface area contributed by atoms with Gasteiger partial charge in [0.1, 0.15) is 0 Å². The van der Waals surface area contributed by atoms with Gasteiger partial charge in [0.05, 0.1) is 18.6 Å². The van der Waals surface area contributed by atoms with Crippen molar-refractivity contribution in [3.05, 3.63) is 65.5 Å². The maximum atomic E-state index is 12.1. The largest absolute Gasteiger partial charge is 0.390 e. The molecule has 0 saturated heterocycles. The number of hydrogen-bond donors (Lipinski definition) is 2. The molecule has 1 aliphatic carbocycles. The van der Waals surface area contributed by atoms with Crippen LogP contribution in [0.1, 0.15) is 22.7 Å². The van der Waals surface area contributed by atoms with Crippen LogP contribution >= 0.6 is 0 Å². The van der Waals surface area contributed by atoms with E-state index in [1.807, 2.05) is 36.4 Å². The van der Waals surface area contributed by atoms with E-state index in [9.17, 15) is 9.90 Å². The third-order valence-corrected chi connectivity index (χ3v) is 3.61. The van der Waals surface area contributed by atoms with E-state index in [0.717, 1.165) is 16.7 Å². The second-order valence-electron chi connectivity index (χ2n) is 5.05. The second kappa shape index (κ2) is 5.43. The molecule has 2 N–H and O–H groups in total. The number of rotatable bonds is 3. The summed E-state index contributed by atoms with van der Waals surface area (Å²) in [5.74, 6) is -0.0984. The molecular weight excluding hydrogens is 252 g/mol. The van der Waals surface area contributed by atoms with Crippen LogP contribution in [-0.4, -0.2) is 22.1 Å². The summed E-state index contributed by atoms with van der Waals surface area (Å²) in [5, 5.41) is 13.0. The summed E-state index contributed by atoms with van der Waals surface area (Å²) < 4.78 is 0. The third kappa shape index (κ3) is 2.56. The number of amides is 1. The zero-order valence-corrected chi connectivity index (χ0v) is 11.0. The maximum Gasteiger partial charge on any atom is 0.225 e. The van der Waals surface area contributed by atoms with E-state index in [1.54, 1.807) is 12.4 Å². The summed E-state index contributed by atoms with van der Waals surface area (Å²) in [6.45, 7) is 0. The van der Waals surface area contributed by atoms with Crippen LogP contribution < -0.4 is 5.32 Å². The lowest BCUT2D eigenvalue weighted by molar-refractivity contribution is -0.121. The minimum atomic E-state index is -0.551. The Bertz CT molecular complexity index is 613. The van der Waals surface area contributed by atoms with Crippen molar-refractivity contribution in [1.82, 2.24) is 10.3 Å². The summed E-state index contributed by atoms with van der Waals surface area (Å²) in [6, 6.07) is 11.2. The van der Waals surface area contributed by atoms with Crippen LogP contribution in [0.2, 0.25) is 0 Å². The SMILES string of the molecule is O=C(Cc1cccnc1)N[C@H]1c2ccccc2C[C@H]1O. The summed E-state index contributed by atoms with van der Waals surface area (Å²) in [7, 11) is 0. The van der Waals surface area contributed by atoms with Gasteiger partial charge in [0.15, 0.2) is 0 Å². The fourth-order valence-electron chi connectivity index (χ4n) is 2.66. The molecule has 2 atom stereocenters. The number of aliphatic hydroxyl groups is 1. The number of carbonyl (C=O) groups is 1. The van der Waals surface area contributed by atoms with E-state index >= 15 is 0 Å². The maximum absolute atomic E-state index is 12.1. The Morgan fingerprint density at radius 2 is 2.15 bits per heavy atom. The number of aliphatic hydroxyl groups excluding tert-OH is 1. The van der Waals surface area contributed by atoms with E-state index in [2.05, 4.69) is 10.3 Å². The fraction of sp³-hybridized carbons (Fsp3) is 0.250. The molecule has 0 spiro atoms. The van der Waals surface area contributed by atoms with Crippen molar-refractivity contribution in [2.75, 3.05) is 0 Å². The molecule has 1 aromatic carbocycles. The fourth-order valence-corrected chi connectivity index (χ4v) is 2.66. The number of carbonyl (C=O) groups excluding carboxylic acids is 1. The summed E-state index contributed by atoms with van der Waals surface area (Å²) in [5.41, 5.74) is 2.98. The van der Waals surface area contributed by atoms with Gasteiger partial charge >= 0.3 is 0 Å². The highest BCUT2D eigenvalue weighted by Gasteiger charge is 2.31. The number of fused-ring (bicyclic) bond motifs is 1. The molecule has 0 saturated carbocycles. The van der Waals surface area contributed by atoms with Crippen LogP contribution in [0.25, 0.3) is 0 Å². The molecule has 0 unspecified atom stereocenters. The summed E-state index contributed by atoms with van der Waals surface area (Å²) in [6.07, 6.45) is 3.68. The van der Waals surface area contributed by atoms with Gasteiger partial charge in [-0.1, -0.05) is 30.3 Å². The molecule has 3 rings (SSSR count). The zero-order chi connectivity index (χ0) is 13.9. The van der Waals surface area contributed by atoms with E-state index in [1.165, 1.54) is 0 Å². The van der Waals surface area contributed by atoms with Crippen molar-refractivity contribution >= 4 is 5.91 Å². The molecule has 1 heterocycles. The van der Waals surface area contributed by atoms with Crippen molar-refractivity contribution in [3.8, 4) is 0 Å². The van der Waals surface area contributed by atoms with Gasteiger partial charge in [-0.25, -0.2) is 0 Å². The molecular formula is C16H16N2O2. The molecule has 1 aromatic heterocycles. The highest BCUT2D eigenvalue weighted by atomic mass is 16.3. The van der Waals surface area contributed by atoms with Gasteiger partial charge in [0, 0.05) is 18.8 Å². The molecule has 102 valence electrons. The molecule has 0 aliphatic heterocycles. The van der Waals surface area contributed by atoms with Crippen molar-refractivity contribution in [2.24, 2.45) is 0 Å². The van der Waals surface area contributed by atoms with E-state index in [4.69, 9.17) is 0 Å². The third-order valence-electron chi connectivity index (χ3n) is 3.61. The predicted octanol–water partition coefficient (Wildman–Crippen LogP) is 1.40.